The largest absolute Gasteiger partial charge is 0.346 e. The minimum atomic E-state index is -0.287. The Hall–Kier alpha value is -1.96. The molecule has 1 aromatic carbocycles. The Morgan fingerprint density at radius 1 is 1.33 bits per heavy atom. The number of aryl methyl sites for hydroxylation is 1. The van der Waals surface area contributed by atoms with Crippen molar-refractivity contribution in [1.29, 1.82) is 0 Å². The highest BCUT2D eigenvalue weighted by Gasteiger charge is 2.32. The zero-order valence-corrected chi connectivity index (χ0v) is 18.0. The van der Waals surface area contributed by atoms with Crippen LogP contribution >= 0.6 is 27.3 Å². The molecule has 3 N–H and O–H groups in total. The van der Waals surface area contributed by atoms with Crippen molar-refractivity contribution < 1.29 is 4.79 Å². The molecule has 0 fully saturated rings. The number of halogens is 1. The summed E-state index contributed by atoms with van der Waals surface area (Å²) < 4.78 is 2.67. The molecule has 3 aromatic rings. The van der Waals surface area contributed by atoms with Crippen LogP contribution in [0.4, 0.5) is 0 Å². The quantitative estimate of drug-likeness (QED) is 0.601. The fourth-order valence-corrected chi connectivity index (χ4v) is 4.92. The van der Waals surface area contributed by atoms with Gasteiger partial charge in [0.1, 0.15) is 0 Å². The SMILES string of the molecule is Cn1nccc1-c1sc(C(=O)NC(CN)C(C)(C)c2ccccc2)cc1Br. The van der Waals surface area contributed by atoms with Crippen LogP contribution in [0.3, 0.4) is 0 Å². The van der Waals surface area contributed by atoms with Crippen molar-refractivity contribution in [3.63, 3.8) is 0 Å². The summed E-state index contributed by atoms with van der Waals surface area (Å²) in [4.78, 5) is 14.5. The monoisotopic (exact) mass is 446 g/mol. The molecule has 27 heavy (non-hydrogen) atoms. The molecule has 0 aliphatic rings. The number of aromatic nitrogens is 2. The number of carbonyl (C=O) groups excluding carboxylic acids is 1. The van der Waals surface area contributed by atoms with E-state index in [1.807, 2.05) is 37.4 Å². The molecule has 0 saturated carbocycles. The third-order valence-electron chi connectivity index (χ3n) is 4.89. The second-order valence-corrected chi connectivity index (χ2v) is 8.88. The van der Waals surface area contributed by atoms with Crippen molar-refractivity contribution in [1.82, 2.24) is 15.1 Å². The van der Waals surface area contributed by atoms with E-state index in [0.717, 1.165) is 20.6 Å². The fraction of sp³-hybridized carbons (Fsp3) is 0.300. The third-order valence-corrected chi connectivity index (χ3v) is 6.94. The Bertz CT molecular complexity index is 933. The van der Waals surface area contributed by atoms with Crippen molar-refractivity contribution in [2.24, 2.45) is 12.8 Å². The number of benzene rings is 1. The molecule has 5 nitrogen and oxygen atoms in total. The first-order chi connectivity index (χ1) is 12.8. The van der Waals surface area contributed by atoms with Gasteiger partial charge >= 0.3 is 0 Å². The van der Waals surface area contributed by atoms with Crippen LogP contribution in [0, 0.1) is 0 Å². The Morgan fingerprint density at radius 2 is 2.04 bits per heavy atom. The van der Waals surface area contributed by atoms with Crippen LogP contribution in [0.1, 0.15) is 29.1 Å². The van der Waals surface area contributed by atoms with E-state index in [1.54, 1.807) is 10.9 Å². The summed E-state index contributed by atoms with van der Waals surface area (Å²) in [6, 6.07) is 13.7. The molecule has 1 amide bonds. The van der Waals surface area contributed by atoms with Gasteiger partial charge in [-0.25, -0.2) is 0 Å². The molecule has 0 radical (unpaired) electrons. The standard InChI is InChI=1S/C20H23BrN4OS/c1-20(2,13-7-5-4-6-8-13)17(12-22)24-19(26)16-11-14(21)18(27-16)15-9-10-23-25(15)3/h4-11,17H,12,22H2,1-3H3,(H,24,26). The number of rotatable bonds is 6. The van der Waals surface area contributed by atoms with E-state index in [9.17, 15) is 4.79 Å². The van der Waals surface area contributed by atoms with Gasteiger partial charge in [0.15, 0.2) is 0 Å². The molecular formula is C20H23BrN4OS. The Kier molecular flexibility index (Phi) is 5.83. The number of nitrogens with zero attached hydrogens (tertiary/aromatic N) is 2. The van der Waals surface area contributed by atoms with E-state index < -0.39 is 0 Å². The molecule has 0 aliphatic heterocycles. The molecule has 1 atom stereocenters. The van der Waals surface area contributed by atoms with Gasteiger partial charge < -0.3 is 11.1 Å². The normalized spacial score (nSPS) is 12.8. The first-order valence-corrected chi connectivity index (χ1v) is 10.3. The summed E-state index contributed by atoms with van der Waals surface area (Å²) in [5, 5.41) is 7.33. The summed E-state index contributed by atoms with van der Waals surface area (Å²) in [6.45, 7) is 4.56. The fourth-order valence-electron chi connectivity index (χ4n) is 3.08. The van der Waals surface area contributed by atoms with Gasteiger partial charge in [-0.1, -0.05) is 44.2 Å². The van der Waals surface area contributed by atoms with E-state index in [-0.39, 0.29) is 17.4 Å². The minimum absolute atomic E-state index is 0.117. The van der Waals surface area contributed by atoms with Crippen LogP contribution in [0.5, 0.6) is 0 Å². The van der Waals surface area contributed by atoms with Gasteiger partial charge in [-0.3, -0.25) is 9.48 Å². The van der Waals surface area contributed by atoms with Crippen molar-refractivity contribution in [2.45, 2.75) is 25.3 Å². The van der Waals surface area contributed by atoms with E-state index in [4.69, 9.17) is 5.73 Å². The van der Waals surface area contributed by atoms with Crippen LogP contribution in [-0.2, 0) is 12.5 Å². The average molecular weight is 447 g/mol. The smallest absolute Gasteiger partial charge is 0.261 e. The number of thiophene rings is 1. The molecule has 0 bridgehead atoms. The summed E-state index contributed by atoms with van der Waals surface area (Å²) in [6.07, 6.45) is 1.74. The molecule has 0 saturated heterocycles. The van der Waals surface area contributed by atoms with Crippen molar-refractivity contribution in [3.05, 3.63) is 63.6 Å². The van der Waals surface area contributed by atoms with Crippen LogP contribution in [0.2, 0.25) is 0 Å². The molecule has 142 valence electrons. The van der Waals surface area contributed by atoms with Crippen molar-refractivity contribution in [3.8, 4) is 10.6 Å². The van der Waals surface area contributed by atoms with Gasteiger partial charge in [0.05, 0.1) is 21.5 Å². The van der Waals surface area contributed by atoms with E-state index in [1.165, 1.54) is 11.3 Å². The highest BCUT2D eigenvalue weighted by Crippen LogP contribution is 2.36. The van der Waals surface area contributed by atoms with Gasteiger partial charge in [-0.15, -0.1) is 11.3 Å². The summed E-state index contributed by atoms with van der Waals surface area (Å²) in [7, 11) is 1.88. The van der Waals surface area contributed by atoms with Crippen LogP contribution in [0.25, 0.3) is 10.6 Å². The predicted molar refractivity (Wildman–Crippen MR) is 114 cm³/mol. The number of hydrogen-bond acceptors (Lipinski definition) is 4. The molecule has 0 aliphatic carbocycles. The molecule has 0 spiro atoms. The summed E-state index contributed by atoms with van der Waals surface area (Å²) >= 11 is 5.00. The van der Waals surface area contributed by atoms with Gasteiger partial charge in [0, 0.05) is 29.7 Å². The summed E-state index contributed by atoms with van der Waals surface area (Å²) in [5.74, 6) is -0.117. The molecule has 3 rings (SSSR count). The number of carbonyl (C=O) groups is 1. The Labute approximate surface area is 171 Å². The van der Waals surface area contributed by atoms with Gasteiger partial charge in [0.25, 0.3) is 5.91 Å². The third kappa shape index (κ3) is 4.00. The zero-order valence-electron chi connectivity index (χ0n) is 15.6. The maximum atomic E-state index is 12.9. The topological polar surface area (TPSA) is 72.9 Å². The van der Waals surface area contributed by atoms with Gasteiger partial charge in [-0.2, -0.15) is 5.10 Å². The lowest BCUT2D eigenvalue weighted by Gasteiger charge is -2.34. The Balaban J connectivity index is 1.83. The van der Waals surface area contributed by atoms with Crippen LogP contribution < -0.4 is 11.1 Å². The second-order valence-electron chi connectivity index (χ2n) is 6.98. The number of nitrogens with two attached hydrogens (primary N) is 1. The van der Waals surface area contributed by atoms with Crippen LogP contribution in [-0.4, -0.2) is 28.3 Å². The van der Waals surface area contributed by atoms with Crippen molar-refractivity contribution >= 4 is 33.2 Å². The second kappa shape index (κ2) is 7.96. The Morgan fingerprint density at radius 3 is 2.63 bits per heavy atom. The van der Waals surface area contributed by atoms with E-state index in [2.05, 4.69) is 52.3 Å². The average Bonchev–Trinajstić information content (AvgIpc) is 3.25. The highest BCUT2D eigenvalue weighted by molar-refractivity contribution is 9.10. The summed E-state index contributed by atoms with van der Waals surface area (Å²) in [5.41, 5.74) is 7.84. The minimum Gasteiger partial charge on any atom is -0.346 e. The van der Waals surface area contributed by atoms with Gasteiger partial charge in [0.2, 0.25) is 0 Å². The first kappa shape index (κ1) is 19.8. The maximum absolute atomic E-state index is 12.9. The number of hydrogen-bond donors (Lipinski definition) is 2. The first-order valence-electron chi connectivity index (χ1n) is 8.68. The molecule has 2 heterocycles. The predicted octanol–water partition coefficient (Wildman–Crippen LogP) is 3.95. The lowest BCUT2D eigenvalue weighted by atomic mass is 9.77. The molecular weight excluding hydrogens is 424 g/mol. The lowest BCUT2D eigenvalue weighted by molar-refractivity contribution is 0.0924. The highest BCUT2D eigenvalue weighted by atomic mass is 79.9. The molecule has 7 heteroatoms. The van der Waals surface area contributed by atoms with Crippen molar-refractivity contribution in [2.75, 3.05) is 6.54 Å². The zero-order chi connectivity index (χ0) is 19.6. The van der Waals surface area contributed by atoms with E-state index >= 15 is 0 Å². The maximum Gasteiger partial charge on any atom is 0.261 e. The number of nitrogens with one attached hydrogen (secondary N) is 1. The van der Waals surface area contributed by atoms with E-state index in [0.29, 0.717) is 11.4 Å². The van der Waals surface area contributed by atoms with Gasteiger partial charge in [-0.05, 0) is 33.6 Å². The number of amides is 1. The van der Waals surface area contributed by atoms with Crippen LogP contribution in [0.15, 0.2) is 53.1 Å². The molecule has 2 aromatic heterocycles. The lowest BCUT2D eigenvalue weighted by Crippen LogP contribution is -2.51. The molecule has 1 unspecified atom stereocenters.